The van der Waals surface area contributed by atoms with E-state index in [2.05, 4.69) is 25.8 Å². The Morgan fingerprint density at radius 1 is 1.42 bits per heavy atom. The van der Waals surface area contributed by atoms with E-state index in [0.717, 1.165) is 0 Å². The molecule has 1 aromatic heterocycles. The molecule has 0 fully saturated rings. The molecule has 0 aliphatic heterocycles. The molecule has 26 heavy (non-hydrogen) atoms. The van der Waals surface area contributed by atoms with Crippen molar-refractivity contribution in [3.63, 3.8) is 0 Å². The van der Waals surface area contributed by atoms with Crippen molar-refractivity contribution in [2.45, 2.75) is 52.8 Å². The number of hydrogen-bond donors (Lipinski definition) is 2. The van der Waals surface area contributed by atoms with Crippen LogP contribution in [0.15, 0.2) is 9.52 Å². The molecule has 1 unspecified atom stereocenters. The number of rotatable bonds is 7. The second kappa shape index (κ2) is 11.3. The Morgan fingerprint density at radius 3 is 2.62 bits per heavy atom. The number of carbonyl (C=O) groups excluding carboxylic acids is 1. The molecule has 0 aliphatic rings. The van der Waals surface area contributed by atoms with Crippen LogP contribution >= 0.6 is 24.0 Å². The van der Waals surface area contributed by atoms with Gasteiger partial charge in [0.2, 0.25) is 11.8 Å². The number of amides is 1. The summed E-state index contributed by atoms with van der Waals surface area (Å²) in [6.45, 7) is 10.7. The van der Waals surface area contributed by atoms with E-state index >= 15 is 0 Å². The van der Waals surface area contributed by atoms with E-state index in [4.69, 9.17) is 9.26 Å². The summed E-state index contributed by atoms with van der Waals surface area (Å²) in [6.07, 6.45) is -0.217. The minimum absolute atomic E-state index is 0. The van der Waals surface area contributed by atoms with Crippen molar-refractivity contribution < 1.29 is 14.1 Å². The highest BCUT2D eigenvalue weighted by Gasteiger charge is 2.18. The van der Waals surface area contributed by atoms with E-state index in [9.17, 15) is 4.79 Å². The number of carbonyl (C=O) groups is 1. The Kier molecular flexibility index (Phi) is 10.7. The van der Waals surface area contributed by atoms with Crippen molar-refractivity contribution in [2.24, 2.45) is 4.99 Å². The van der Waals surface area contributed by atoms with Gasteiger partial charge < -0.3 is 24.8 Å². The largest absolute Gasteiger partial charge is 0.371 e. The summed E-state index contributed by atoms with van der Waals surface area (Å²) < 4.78 is 10.6. The van der Waals surface area contributed by atoms with E-state index in [0.29, 0.717) is 30.8 Å². The second-order valence-corrected chi connectivity index (χ2v) is 6.70. The van der Waals surface area contributed by atoms with Gasteiger partial charge in [0.05, 0.1) is 13.1 Å². The first kappa shape index (κ1) is 24.6. The molecule has 150 valence electrons. The molecule has 1 amide bonds. The predicted octanol–water partition coefficient (Wildman–Crippen LogP) is 1.71. The summed E-state index contributed by atoms with van der Waals surface area (Å²) in [5.41, 5.74) is -0.272. The Labute approximate surface area is 172 Å². The van der Waals surface area contributed by atoms with Crippen LogP contribution < -0.4 is 10.6 Å². The molecule has 2 N–H and O–H groups in total. The molecule has 1 aromatic rings. The molecule has 1 atom stereocenters. The van der Waals surface area contributed by atoms with Gasteiger partial charge in [-0.1, -0.05) is 5.16 Å². The lowest BCUT2D eigenvalue weighted by atomic mass is 10.1. The van der Waals surface area contributed by atoms with Gasteiger partial charge in [0.25, 0.3) is 0 Å². The fourth-order valence-electron chi connectivity index (χ4n) is 2.12. The van der Waals surface area contributed by atoms with E-state index in [1.165, 1.54) is 0 Å². The molecule has 0 bridgehead atoms. The number of nitrogens with one attached hydrogen (secondary N) is 2. The number of ether oxygens (including phenoxy) is 1. The zero-order chi connectivity index (χ0) is 19.0. The SMILES string of the molecule is CCOC(C)c1noc(CNC(=NC)N(C)CC(=O)NC(C)(C)C)n1.I. The van der Waals surface area contributed by atoms with E-state index in [-0.39, 0.29) is 48.1 Å². The predicted molar refractivity (Wildman–Crippen MR) is 110 cm³/mol. The van der Waals surface area contributed by atoms with Crippen molar-refractivity contribution in [2.75, 3.05) is 27.2 Å². The average Bonchev–Trinajstić information content (AvgIpc) is 2.95. The summed E-state index contributed by atoms with van der Waals surface area (Å²) in [6, 6.07) is 0. The molecule has 0 saturated carbocycles. The topological polar surface area (TPSA) is 105 Å². The third kappa shape index (κ3) is 8.79. The van der Waals surface area contributed by atoms with Crippen LogP contribution in [0.1, 0.15) is 52.4 Å². The number of aromatic nitrogens is 2. The van der Waals surface area contributed by atoms with E-state index < -0.39 is 0 Å². The van der Waals surface area contributed by atoms with Crippen LogP contribution in [0.25, 0.3) is 0 Å². The van der Waals surface area contributed by atoms with Crippen LogP contribution in [-0.2, 0) is 16.1 Å². The van der Waals surface area contributed by atoms with Crippen molar-refractivity contribution >= 4 is 35.8 Å². The van der Waals surface area contributed by atoms with Gasteiger partial charge in [-0.15, -0.1) is 24.0 Å². The maximum absolute atomic E-state index is 12.0. The first-order chi connectivity index (χ1) is 11.7. The quantitative estimate of drug-likeness (QED) is 0.346. The zero-order valence-corrected chi connectivity index (χ0v) is 19.0. The van der Waals surface area contributed by atoms with Gasteiger partial charge in [-0.3, -0.25) is 9.79 Å². The Morgan fingerprint density at radius 2 is 2.08 bits per heavy atom. The van der Waals surface area contributed by atoms with Gasteiger partial charge in [-0.25, -0.2) is 0 Å². The number of halogens is 1. The standard InChI is InChI=1S/C16H30N6O3.HI/c1-8-24-11(2)14-19-13(25-21-14)9-18-15(17-6)22(7)10-12(23)20-16(3,4)5;/h11H,8-10H2,1-7H3,(H,17,18)(H,20,23);1H. The number of aliphatic imine (C=N–C) groups is 1. The zero-order valence-electron chi connectivity index (χ0n) is 16.6. The molecule has 0 aromatic carbocycles. The van der Waals surface area contributed by atoms with Crippen molar-refractivity contribution in [1.82, 2.24) is 25.7 Å². The van der Waals surface area contributed by atoms with Gasteiger partial charge >= 0.3 is 0 Å². The van der Waals surface area contributed by atoms with Crippen molar-refractivity contribution in [3.05, 3.63) is 11.7 Å². The molecule has 10 heteroatoms. The van der Waals surface area contributed by atoms with Crippen LogP contribution in [0.4, 0.5) is 0 Å². The van der Waals surface area contributed by atoms with Crippen molar-refractivity contribution in [1.29, 1.82) is 0 Å². The molecular weight excluding hydrogens is 451 g/mol. The third-order valence-electron chi connectivity index (χ3n) is 3.13. The number of likely N-dealkylation sites (N-methyl/N-ethyl adjacent to an activating group) is 1. The number of nitrogens with zero attached hydrogens (tertiary/aromatic N) is 4. The summed E-state index contributed by atoms with van der Waals surface area (Å²) in [7, 11) is 3.44. The highest BCUT2D eigenvalue weighted by Crippen LogP contribution is 2.12. The van der Waals surface area contributed by atoms with Crippen LogP contribution in [0.2, 0.25) is 0 Å². The first-order valence-electron chi connectivity index (χ1n) is 8.33. The first-order valence-corrected chi connectivity index (χ1v) is 8.33. The lowest BCUT2D eigenvalue weighted by Crippen LogP contribution is -2.48. The fraction of sp³-hybridized carbons (Fsp3) is 0.750. The summed E-state index contributed by atoms with van der Waals surface area (Å²) >= 11 is 0. The number of guanidine groups is 1. The molecular formula is C16H31IN6O3. The Balaban J connectivity index is 0.00000625. The normalized spacial score (nSPS) is 13.0. The maximum Gasteiger partial charge on any atom is 0.246 e. The van der Waals surface area contributed by atoms with E-state index in [1.807, 2.05) is 34.6 Å². The van der Waals surface area contributed by atoms with Gasteiger partial charge in [0.15, 0.2) is 11.8 Å². The molecule has 9 nitrogen and oxygen atoms in total. The molecule has 0 spiro atoms. The Hall–Kier alpha value is -1.43. The molecule has 0 aliphatic carbocycles. The molecule has 1 rings (SSSR count). The van der Waals surface area contributed by atoms with Crippen LogP contribution in [0, 0.1) is 0 Å². The lowest BCUT2D eigenvalue weighted by molar-refractivity contribution is -0.122. The van der Waals surface area contributed by atoms with Gasteiger partial charge in [-0.05, 0) is 34.6 Å². The fourth-order valence-corrected chi connectivity index (χ4v) is 2.12. The Bertz CT molecular complexity index is 585. The summed E-state index contributed by atoms with van der Waals surface area (Å²) in [5, 5.41) is 9.91. The monoisotopic (exact) mass is 482 g/mol. The van der Waals surface area contributed by atoms with Crippen LogP contribution in [0.3, 0.4) is 0 Å². The maximum atomic E-state index is 12.0. The van der Waals surface area contributed by atoms with Gasteiger partial charge in [0, 0.05) is 26.2 Å². The summed E-state index contributed by atoms with van der Waals surface area (Å²) in [5.74, 6) is 1.41. The minimum atomic E-state index is -0.272. The van der Waals surface area contributed by atoms with Crippen LogP contribution in [-0.4, -0.2) is 59.7 Å². The minimum Gasteiger partial charge on any atom is -0.371 e. The highest BCUT2D eigenvalue weighted by molar-refractivity contribution is 14.0. The highest BCUT2D eigenvalue weighted by atomic mass is 127. The molecule has 0 saturated heterocycles. The summed E-state index contributed by atoms with van der Waals surface area (Å²) in [4.78, 5) is 22.2. The third-order valence-corrected chi connectivity index (χ3v) is 3.13. The van der Waals surface area contributed by atoms with Crippen LogP contribution in [0.5, 0.6) is 0 Å². The van der Waals surface area contributed by atoms with E-state index in [1.54, 1.807) is 19.0 Å². The molecule has 1 heterocycles. The number of hydrogen-bond acceptors (Lipinski definition) is 6. The average molecular weight is 482 g/mol. The molecule has 0 radical (unpaired) electrons. The smallest absolute Gasteiger partial charge is 0.246 e. The second-order valence-electron chi connectivity index (χ2n) is 6.70. The lowest BCUT2D eigenvalue weighted by Gasteiger charge is -2.25. The van der Waals surface area contributed by atoms with Crippen molar-refractivity contribution in [3.8, 4) is 0 Å². The van der Waals surface area contributed by atoms with Gasteiger partial charge in [-0.2, -0.15) is 4.98 Å². The van der Waals surface area contributed by atoms with Gasteiger partial charge in [0.1, 0.15) is 6.10 Å².